The van der Waals surface area contributed by atoms with Crippen LogP contribution in [0.4, 0.5) is 0 Å². The fourth-order valence-corrected chi connectivity index (χ4v) is 3.25. The van der Waals surface area contributed by atoms with Gasteiger partial charge in [-0.2, -0.15) is 4.98 Å². The smallest absolute Gasteiger partial charge is 0.242 e. The minimum atomic E-state index is -3.77. The quantitative estimate of drug-likeness (QED) is 0.819. The van der Waals surface area contributed by atoms with Crippen LogP contribution < -0.4 is 4.72 Å². The van der Waals surface area contributed by atoms with E-state index in [1.807, 2.05) is 0 Å². The number of sulfonamides is 1. The molecule has 0 bridgehead atoms. The van der Waals surface area contributed by atoms with Crippen LogP contribution in [0.5, 0.6) is 0 Å². The van der Waals surface area contributed by atoms with Crippen molar-refractivity contribution in [3.05, 3.63) is 40.5 Å². The number of benzene rings is 1. The lowest BCUT2D eigenvalue weighted by Crippen LogP contribution is -2.26. The van der Waals surface area contributed by atoms with Crippen LogP contribution in [-0.2, 0) is 23.1 Å². The highest BCUT2D eigenvalue weighted by Gasteiger charge is 2.18. The molecule has 2 aromatic rings. The zero-order chi connectivity index (χ0) is 15.5. The summed E-state index contributed by atoms with van der Waals surface area (Å²) in [6, 6.07) is 4.33. The zero-order valence-electron chi connectivity index (χ0n) is 11.2. The largest absolute Gasteiger partial charge is 0.392 e. The normalized spacial score (nSPS) is 11.8. The topological polar surface area (TPSA) is 105 Å². The molecule has 1 heterocycles. The van der Waals surface area contributed by atoms with Crippen molar-refractivity contribution in [1.82, 2.24) is 14.9 Å². The highest BCUT2D eigenvalue weighted by Crippen LogP contribution is 2.22. The molecule has 2 N–H and O–H groups in total. The van der Waals surface area contributed by atoms with Gasteiger partial charge >= 0.3 is 0 Å². The average molecular weight is 332 g/mol. The summed E-state index contributed by atoms with van der Waals surface area (Å²) in [5, 5.41) is 12.8. The molecule has 0 radical (unpaired) electrons. The molecule has 9 heteroatoms. The number of nitrogens with zero attached hydrogens (tertiary/aromatic N) is 2. The first-order valence-electron chi connectivity index (χ1n) is 6.10. The summed E-state index contributed by atoms with van der Waals surface area (Å²) in [4.78, 5) is 3.91. The lowest BCUT2D eigenvalue weighted by molar-refractivity contribution is 0.281. The Labute approximate surface area is 127 Å². The second-order valence-electron chi connectivity index (χ2n) is 4.30. The van der Waals surface area contributed by atoms with Gasteiger partial charge in [0, 0.05) is 19.9 Å². The van der Waals surface area contributed by atoms with E-state index in [1.165, 1.54) is 12.1 Å². The Hall–Kier alpha value is -1.48. The van der Waals surface area contributed by atoms with Gasteiger partial charge in [0.1, 0.15) is 4.90 Å². The van der Waals surface area contributed by atoms with Crippen LogP contribution in [0.3, 0.4) is 0 Å². The number of rotatable bonds is 6. The van der Waals surface area contributed by atoms with Crippen LogP contribution >= 0.6 is 11.6 Å². The Morgan fingerprint density at radius 1 is 1.43 bits per heavy atom. The molecule has 21 heavy (non-hydrogen) atoms. The summed E-state index contributed by atoms with van der Waals surface area (Å²) in [5.41, 5.74) is 0.466. The van der Waals surface area contributed by atoms with Crippen molar-refractivity contribution >= 4 is 21.6 Å². The Morgan fingerprint density at radius 2 is 2.19 bits per heavy atom. The van der Waals surface area contributed by atoms with Crippen LogP contribution in [0.25, 0.3) is 0 Å². The van der Waals surface area contributed by atoms with Crippen LogP contribution in [0.2, 0.25) is 5.02 Å². The third-order valence-electron chi connectivity index (χ3n) is 2.68. The molecule has 7 nitrogen and oxygen atoms in total. The van der Waals surface area contributed by atoms with Crippen molar-refractivity contribution in [3.63, 3.8) is 0 Å². The van der Waals surface area contributed by atoms with E-state index in [9.17, 15) is 8.42 Å². The highest BCUT2D eigenvalue weighted by atomic mass is 35.5. The number of aryl methyl sites for hydroxylation is 1. The molecule has 0 aliphatic heterocycles. The number of nitrogens with one attached hydrogen (secondary N) is 1. The number of halogens is 1. The van der Waals surface area contributed by atoms with Gasteiger partial charge in [-0.1, -0.05) is 22.8 Å². The molecule has 0 saturated carbocycles. The first kappa shape index (κ1) is 15.9. The van der Waals surface area contributed by atoms with E-state index in [1.54, 1.807) is 13.0 Å². The molecule has 0 unspecified atom stereocenters. The van der Waals surface area contributed by atoms with Gasteiger partial charge in [-0.25, -0.2) is 13.1 Å². The minimum absolute atomic E-state index is 0.0694. The average Bonchev–Trinajstić information content (AvgIpc) is 2.84. The molecule has 0 fully saturated rings. The molecule has 1 aromatic carbocycles. The first-order chi connectivity index (χ1) is 9.92. The predicted molar refractivity (Wildman–Crippen MR) is 75.3 cm³/mol. The number of aliphatic hydroxyl groups is 1. The van der Waals surface area contributed by atoms with Crippen molar-refractivity contribution in [2.45, 2.75) is 24.8 Å². The number of aromatic nitrogens is 2. The summed E-state index contributed by atoms with van der Waals surface area (Å²) in [6.45, 7) is 1.50. The van der Waals surface area contributed by atoms with Crippen molar-refractivity contribution in [1.29, 1.82) is 0 Å². The molecule has 1 aromatic heterocycles. The molecule has 0 saturated heterocycles. The number of hydrogen-bond acceptors (Lipinski definition) is 6. The summed E-state index contributed by atoms with van der Waals surface area (Å²) in [5.74, 6) is 0.844. The molecule has 0 aliphatic rings. The maximum Gasteiger partial charge on any atom is 0.242 e. The molecular formula is C12H14ClN3O4S. The molecule has 114 valence electrons. The fraction of sp³-hybridized carbons (Fsp3) is 0.333. The summed E-state index contributed by atoms with van der Waals surface area (Å²) < 4.78 is 31.6. The monoisotopic (exact) mass is 331 g/mol. The second kappa shape index (κ2) is 6.52. The van der Waals surface area contributed by atoms with Crippen LogP contribution in [0.1, 0.15) is 17.3 Å². The van der Waals surface area contributed by atoms with E-state index < -0.39 is 10.0 Å². The molecule has 0 atom stereocenters. The number of aliphatic hydroxyl groups excluding tert-OH is 1. The maximum absolute atomic E-state index is 12.2. The van der Waals surface area contributed by atoms with E-state index >= 15 is 0 Å². The third-order valence-corrected chi connectivity index (χ3v) is 4.62. The van der Waals surface area contributed by atoms with Gasteiger partial charge in [-0.3, -0.25) is 0 Å². The van der Waals surface area contributed by atoms with Gasteiger partial charge in [0.15, 0.2) is 5.82 Å². The van der Waals surface area contributed by atoms with Crippen molar-refractivity contribution < 1.29 is 18.0 Å². The first-order valence-corrected chi connectivity index (χ1v) is 7.96. The van der Waals surface area contributed by atoms with Crippen LogP contribution in [0.15, 0.2) is 27.6 Å². The van der Waals surface area contributed by atoms with E-state index in [4.69, 9.17) is 21.2 Å². The van der Waals surface area contributed by atoms with Crippen molar-refractivity contribution in [2.75, 3.05) is 6.54 Å². The highest BCUT2D eigenvalue weighted by molar-refractivity contribution is 7.89. The van der Waals surface area contributed by atoms with E-state index in [2.05, 4.69) is 14.9 Å². The Bertz CT molecular complexity index is 730. The zero-order valence-corrected chi connectivity index (χ0v) is 12.8. The third kappa shape index (κ3) is 4.01. The van der Waals surface area contributed by atoms with E-state index in [-0.39, 0.29) is 23.1 Å². The lowest BCUT2D eigenvalue weighted by Gasteiger charge is -2.08. The predicted octanol–water partition coefficient (Wildman–Crippen LogP) is 1.04. The van der Waals surface area contributed by atoms with Gasteiger partial charge < -0.3 is 9.63 Å². The number of hydrogen-bond donors (Lipinski definition) is 2. The molecule has 0 spiro atoms. The van der Waals surface area contributed by atoms with Gasteiger partial charge in [0.2, 0.25) is 15.9 Å². The molecular weight excluding hydrogens is 318 g/mol. The van der Waals surface area contributed by atoms with Crippen molar-refractivity contribution in [3.8, 4) is 0 Å². The van der Waals surface area contributed by atoms with Crippen LogP contribution in [-0.4, -0.2) is 30.2 Å². The molecule has 0 amide bonds. The lowest BCUT2D eigenvalue weighted by atomic mass is 10.2. The standard InChI is InChI=1S/C12H14ClN3O4S/c1-8-15-12(16-20-8)4-5-14-21(18,19)11-6-9(7-17)2-3-10(11)13/h2-3,6,14,17H,4-5,7H2,1H3. The summed E-state index contributed by atoms with van der Waals surface area (Å²) in [6.07, 6.45) is 0.299. The summed E-state index contributed by atoms with van der Waals surface area (Å²) >= 11 is 5.90. The Balaban J connectivity index is 2.07. The van der Waals surface area contributed by atoms with Crippen LogP contribution in [0, 0.1) is 6.92 Å². The van der Waals surface area contributed by atoms with Gasteiger partial charge in [-0.05, 0) is 17.7 Å². The fourth-order valence-electron chi connectivity index (χ4n) is 1.67. The maximum atomic E-state index is 12.2. The Morgan fingerprint density at radius 3 is 2.81 bits per heavy atom. The summed E-state index contributed by atoms with van der Waals surface area (Å²) in [7, 11) is -3.77. The molecule has 0 aliphatic carbocycles. The van der Waals surface area contributed by atoms with E-state index in [0.717, 1.165) is 0 Å². The second-order valence-corrected chi connectivity index (χ2v) is 6.44. The van der Waals surface area contributed by atoms with Gasteiger partial charge in [0.05, 0.1) is 11.6 Å². The van der Waals surface area contributed by atoms with Crippen molar-refractivity contribution in [2.24, 2.45) is 0 Å². The SMILES string of the molecule is Cc1nc(CCNS(=O)(=O)c2cc(CO)ccc2Cl)no1. The molecule has 2 rings (SSSR count). The van der Waals surface area contributed by atoms with Gasteiger partial charge in [-0.15, -0.1) is 0 Å². The minimum Gasteiger partial charge on any atom is -0.392 e. The van der Waals surface area contributed by atoms with Gasteiger partial charge in [0.25, 0.3) is 0 Å². The van der Waals surface area contributed by atoms with E-state index in [0.29, 0.717) is 23.7 Å². The Kier molecular flexibility index (Phi) is 4.94.